The fourth-order valence-electron chi connectivity index (χ4n) is 3.09. The van der Waals surface area contributed by atoms with Gasteiger partial charge in [-0.15, -0.1) is 0 Å². The molecule has 7 heteroatoms. The van der Waals surface area contributed by atoms with E-state index >= 15 is 0 Å². The Hall–Kier alpha value is -3.19. The van der Waals surface area contributed by atoms with Gasteiger partial charge in [-0.25, -0.2) is 14.8 Å². The van der Waals surface area contributed by atoms with Gasteiger partial charge in [-0.1, -0.05) is 42.1 Å². The summed E-state index contributed by atoms with van der Waals surface area (Å²) >= 11 is 1.38. The second-order valence-electron chi connectivity index (χ2n) is 6.42. The molecule has 4 rings (SSSR count). The lowest BCUT2D eigenvalue weighted by atomic mass is 10.1. The quantitative estimate of drug-likeness (QED) is 0.297. The van der Waals surface area contributed by atoms with Crippen molar-refractivity contribution in [2.45, 2.75) is 5.03 Å². The van der Waals surface area contributed by atoms with Crippen molar-refractivity contribution in [3.63, 3.8) is 0 Å². The van der Waals surface area contributed by atoms with E-state index in [2.05, 4.69) is 9.97 Å². The maximum Gasteiger partial charge on any atom is 0.328 e. The summed E-state index contributed by atoms with van der Waals surface area (Å²) < 4.78 is 3.13. The molecule has 0 radical (unpaired) electrons. The van der Waals surface area contributed by atoms with Crippen LogP contribution in [0.5, 0.6) is 0 Å². The number of carbonyl (C=O) groups excluding carboxylic acids is 1. The zero-order valence-corrected chi connectivity index (χ0v) is 16.3. The number of hydrogen-bond acceptors (Lipinski definition) is 5. The van der Waals surface area contributed by atoms with Crippen LogP contribution in [0.25, 0.3) is 22.3 Å². The second-order valence-corrected chi connectivity index (χ2v) is 7.42. The van der Waals surface area contributed by atoms with Gasteiger partial charge < -0.3 is 0 Å². The molecule has 0 amide bonds. The van der Waals surface area contributed by atoms with E-state index in [0.717, 1.165) is 27.3 Å². The summed E-state index contributed by atoms with van der Waals surface area (Å²) in [6.45, 7) is 0. The number of fused-ring (bicyclic) bond motifs is 1. The van der Waals surface area contributed by atoms with Crippen LogP contribution in [0.1, 0.15) is 10.4 Å². The van der Waals surface area contributed by atoms with Gasteiger partial charge in [0.1, 0.15) is 11.4 Å². The maximum atomic E-state index is 12.7. The van der Waals surface area contributed by atoms with Gasteiger partial charge in [0, 0.05) is 25.2 Å². The number of rotatable bonds is 5. The molecule has 0 aliphatic heterocycles. The van der Waals surface area contributed by atoms with E-state index in [1.807, 2.05) is 42.5 Å². The molecule has 0 saturated heterocycles. The minimum absolute atomic E-state index is 0.0110. The molecule has 0 fully saturated rings. The molecule has 28 heavy (non-hydrogen) atoms. The van der Waals surface area contributed by atoms with Gasteiger partial charge >= 0.3 is 5.69 Å². The highest BCUT2D eigenvalue weighted by Crippen LogP contribution is 2.23. The van der Waals surface area contributed by atoms with Crippen LogP contribution in [-0.4, -0.2) is 30.6 Å². The summed E-state index contributed by atoms with van der Waals surface area (Å²) in [6, 6.07) is 17.1. The fraction of sp³-hybridized carbons (Fsp3) is 0.143. The molecule has 0 saturated carbocycles. The van der Waals surface area contributed by atoms with Crippen molar-refractivity contribution in [2.75, 3.05) is 5.75 Å². The number of aromatic nitrogens is 4. The molecule has 2 heterocycles. The number of carbonyl (C=O) groups is 1. The zero-order chi connectivity index (χ0) is 19.7. The van der Waals surface area contributed by atoms with Crippen LogP contribution in [0, 0.1) is 0 Å². The minimum Gasteiger partial charge on any atom is -0.295 e. The molecular formula is C21H18N4O2S. The van der Waals surface area contributed by atoms with E-state index in [1.54, 1.807) is 35.4 Å². The number of aryl methyl sites for hydroxylation is 2. The monoisotopic (exact) mass is 390 g/mol. The molecule has 0 atom stereocenters. The number of nitrogens with zero attached hydrogens (tertiary/aromatic N) is 4. The Kier molecular flexibility index (Phi) is 4.83. The lowest BCUT2D eigenvalue weighted by Crippen LogP contribution is -2.19. The summed E-state index contributed by atoms with van der Waals surface area (Å²) in [5.41, 5.74) is 3.86. The van der Waals surface area contributed by atoms with Crippen molar-refractivity contribution in [1.29, 1.82) is 0 Å². The Morgan fingerprint density at radius 1 is 0.964 bits per heavy atom. The average molecular weight is 390 g/mol. The zero-order valence-electron chi connectivity index (χ0n) is 15.5. The third-order valence-corrected chi connectivity index (χ3v) is 5.58. The molecule has 0 aliphatic carbocycles. The van der Waals surface area contributed by atoms with Gasteiger partial charge in [-0.2, -0.15) is 0 Å². The molecule has 0 spiro atoms. The lowest BCUT2D eigenvalue weighted by molar-refractivity contribution is 0.102. The largest absolute Gasteiger partial charge is 0.328 e. The number of thioether (sulfide) groups is 1. The molecule has 0 aliphatic rings. The molecule has 6 nitrogen and oxygen atoms in total. The number of Topliss-reactive ketones (excluding diaryl/α,β-unsaturated/α-hetero) is 1. The van der Waals surface area contributed by atoms with Crippen LogP contribution in [0.2, 0.25) is 0 Å². The summed E-state index contributed by atoms with van der Waals surface area (Å²) in [7, 11) is 3.43. The Morgan fingerprint density at radius 2 is 1.71 bits per heavy atom. The van der Waals surface area contributed by atoms with E-state index in [1.165, 1.54) is 18.1 Å². The Labute approximate surface area is 165 Å². The van der Waals surface area contributed by atoms with Gasteiger partial charge in [0.15, 0.2) is 5.78 Å². The van der Waals surface area contributed by atoms with E-state index in [-0.39, 0.29) is 17.2 Å². The molecule has 140 valence electrons. The molecule has 0 unspecified atom stereocenters. The highest BCUT2D eigenvalue weighted by Gasteiger charge is 2.13. The molecule has 2 aromatic heterocycles. The normalized spacial score (nSPS) is 11.1. The maximum absolute atomic E-state index is 12.7. The first-order valence-electron chi connectivity index (χ1n) is 8.73. The van der Waals surface area contributed by atoms with Crippen molar-refractivity contribution in [2.24, 2.45) is 14.1 Å². The van der Waals surface area contributed by atoms with E-state index in [9.17, 15) is 9.59 Å². The molecule has 0 N–H and O–H groups in total. The number of ketones is 1. The Bertz CT molecular complexity index is 1230. The number of benzene rings is 2. The predicted octanol–water partition coefficient (Wildman–Crippen LogP) is 3.31. The van der Waals surface area contributed by atoms with Gasteiger partial charge in [0.25, 0.3) is 0 Å². The predicted molar refractivity (Wildman–Crippen MR) is 111 cm³/mol. The Morgan fingerprint density at radius 3 is 2.50 bits per heavy atom. The standard InChI is InChI=1S/C21H18N4O2S/c1-24-17-9-8-15(10-18(17)25(2)21(24)27)19(26)12-28-20-11-16(22-13-23-20)14-6-4-3-5-7-14/h3-11,13H,12H2,1-2H3. The summed E-state index contributed by atoms with van der Waals surface area (Å²) in [5, 5.41) is 0.746. The summed E-state index contributed by atoms with van der Waals surface area (Å²) in [4.78, 5) is 33.3. The summed E-state index contributed by atoms with van der Waals surface area (Å²) in [5.74, 6) is 0.250. The second kappa shape index (κ2) is 7.44. The number of imidazole rings is 1. The van der Waals surface area contributed by atoms with Crippen LogP contribution in [0.3, 0.4) is 0 Å². The first kappa shape index (κ1) is 18.2. The van der Waals surface area contributed by atoms with E-state index in [0.29, 0.717) is 5.56 Å². The number of hydrogen-bond donors (Lipinski definition) is 0. The van der Waals surface area contributed by atoms with Gasteiger partial charge in [-0.3, -0.25) is 13.9 Å². The smallest absolute Gasteiger partial charge is 0.295 e. The average Bonchev–Trinajstić information content (AvgIpc) is 2.96. The van der Waals surface area contributed by atoms with Gasteiger partial charge in [0.05, 0.1) is 22.5 Å². The Balaban J connectivity index is 1.53. The minimum atomic E-state index is -0.108. The van der Waals surface area contributed by atoms with Crippen LogP contribution in [0.4, 0.5) is 0 Å². The van der Waals surface area contributed by atoms with E-state index < -0.39 is 0 Å². The summed E-state index contributed by atoms with van der Waals surface area (Å²) in [6.07, 6.45) is 1.51. The van der Waals surface area contributed by atoms with Crippen LogP contribution in [0.15, 0.2) is 70.7 Å². The third kappa shape index (κ3) is 3.36. The van der Waals surface area contributed by atoms with E-state index in [4.69, 9.17) is 0 Å². The van der Waals surface area contributed by atoms with Gasteiger partial charge in [-0.05, 0) is 24.3 Å². The highest BCUT2D eigenvalue weighted by atomic mass is 32.2. The van der Waals surface area contributed by atoms with Crippen LogP contribution >= 0.6 is 11.8 Å². The van der Waals surface area contributed by atoms with Crippen molar-refractivity contribution in [3.05, 3.63) is 77.0 Å². The topological polar surface area (TPSA) is 69.8 Å². The van der Waals surface area contributed by atoms with Gasteiger partial charge in [0.2, 0.25) is 0 Å². The fourth-order valence-corrected chi connectivity index (χ4v) is 3.85. The first-order chi connectivity index (χ1) is 13.5. The molecule has 4 aromatic rings. The lowest BCUT2D eigenvalue weighted by Gasteiger charge is -2.05. The van der Waals surface area contributed by atoms with Crippen LogP contribution in [-0.2, 0) is 14.1 Å². The van der Waals surface area contributed by atoms with Crippen molar-refractivity contribution in [1.82, 2.24) is 19.1 Å². The highest BCUT2D eigenvalue weighted by molar-refractivity contribution is 7.99. The van der Waals surface area contributed by atoms with Crippen molar-refractivity contribution in [3.8, 4) is 11.3 Å². The van der Waals surface area contributed by atoms with Crippen molar-refractivity contribution >= 4 is 28.6 Å². The SMILES string of the molecule is Cn1c(=O)n(C)c2cc(C(=O)CSc3cc(-c4ccccc4)ncn3)ccc21. The molecular weight excluding hydrogens is 372 g/mol. The molecule has 0 bridgehead atoms. The van der Waals surface area contributed by atoms with Crippen LogP contribution < -0.4 is 5.69 Å². The molecule has 2 aromatic carbocycles. The third-order valence-electron chi connectivity index (χ3n) is 4.66. The first-order valence-corrected chi connectivity index (χ1v) is 9.72. The van der Waals surface area contributed by atoms with Crippen molar-refractivity contribution < 1.29 is 4.79 Å².